The summed E-state index contributed by atoms with van der Waals surface area (Å²) in [6.45, 7) is 4.05. The Bertz CT molecular complexity index is 1040. The number of ether oxygens (including phenoxy) is 2. The van der Waals surface area contributed by atoms with Crippen LogP contribution in [0.5, 0.6) is 11.5 Å². The second-order valence-corrected chi connectivity index (χ2v) is 8.35. The zero-order valence-electron chi connectivity index (χ0n) is 16.6. The largest absolute Gasteiger partial charge is 0.493 e. The smallest absolute Gasteiger partial charge is 0.248 e. The minimum absolute atomic E-state index is 0.376. The molecule has 0 saturated carbocycles. The monoisotopic (exact) mass is 438 g/mol. The van der Waals surface area contributed by atoms with E-state index in [-0.39, 0.29) is 5.91 Å². The third kappa shape index (κ3) is 6.69. The van der Waals surface area contributed by atoms with Gasteiger partial charge in [0.2, 0.25) is 15.9 Å². The predicted molar refractivity (Wildman–Crippen MR) is 116 cm³/mol. The Morgan fingerprint density at radius 3 is 2.59 bits per heavy atom. The van der Waals surface area contributed by atoms with E-state index >= 15 is 0 Å². The van der Waals surface area contributed by atoms with Crippen molar-refractivity contribution in [3.8, 4) is 11.5 Å². The molecule has 156 valence electrons. The van der Waals surface area contributed by atoms with Crippen LogP contribution in [0.3, 0.4) is 0 Å². The molecular formula is C20H23ClN2O5S. The lowest BCUT2D eigenvalue weighted by atomic mass is 10.1. The van der Waals surface area contributed by atoms with Gasteiger partial charge in [0.1, 0.15) is 0 Å². The molecule has 0 aliphatic carbocycles. The van der Waals surface area contributed by atoms with Gasteiger partial charge in [-0.3, -0.25) is 9.52 Å². The Morgan fingerprint density at radius 1 is 1.24 bits per heavy atom. The van der Waals surface area contributed by atoms with E-state index in [1.54, 1.807) is 43.3 Å². The first-order valence-electron chi connectivity index (χ1n) is 8.70. The van der Waals surface area contributed by atoms with E-state index in [4.69, 9.17) is 21.1 Å². The lowest BCUT2D eigenvalue weighted by Crippen LogP contribution is -2.12. The number of anilines is 2. The highest BCUT2D eigenvalue weighted by atomic mass is 35.5. The minimum atomic E-state index is -3.42. The van der Waals surface area contributed by atoms with Gasteiger partial charge in [0.15, 0.2) is 11.5 Å². The highest BCUT2D eigenvalue weighted by Gasteiger charge is 2.11. The van der Waals surface area contributed by atoms with Crippen LogP contribution in [-0.4, -0.2) is 34.3 Å². The summed E-state index contributed by atoms with van der Waals surface area (Å²) in [5, 5.41) is 3.07. The van der Waals surface area contributed by atoms with E-state index in [1.807, 2.05) is 6.92 Å². The summed E-state index contributed by atoms with van der Waals surface area (Å²) in [5.41, 5.74) is 2.25. The van der Waals surface area contributed by atoms with E-state index < -0.39 is 10.0 Å². The van der Waals surface area contributed by atoms with Crippen molar-refractivity contribution in [1.82, 2.24) is 0 Å². The molecule has 0 bridgehead atoms. The van der Waals surface area contributed by atoms with Crippen molar-refractivity contribution in [3.63, 3.8) is 0 Å². The molecule has 0 saturated heterocycles. The quantitative estimate of drug-likeness (QED) is 0.605. The van der Waals surface area contributed by atoms with E-state index in [2.05, 4.69) is 10.0 Å². The fourth-order valence-corrected chi connectivity index (χ4v) is 3.38. The number of hydrogen-bond acceptors (Lipinski definition) is 5. The molecule has 0 fully saturated rings. The number of carbonyl (C=O) groups excluding carboxylic acids is 1. The van der Waals surface area contributed by atoms with Crippen LogP contribution in [0.2, 0.25) is 5.02 Å². The Hall–Kier alpha value is -2.71. The van der Waals surface area contributed by atoms with Crippen LogP contribution >= 0.6 is 11.6 Å². The predicted octanol–water partition coefficient (Wildman–Crippen LogP) is 4.08. The van der Waals surface area contributed by atoms with E-state index in [0.717, 1.165) is 11.8 Å². The first-order chi connectivity index (χ1) is 13.6. The van der Waals surface area contributed by atoms with Gasteiger partial charge in [0.05, 0.1) is 30.7 Å². The molecule has 29 heavy (non-hydrogen) atoms. The van der Waals surface area contributed by atoms with E-state index in [0.29, 0.717) is 40.1 Å². The summed E-state index contributed by atoms with van der Waals surface area (Å²) < 4.78 is 36.1. The lowest BCUT2D eigenvalue weighted by molar-refractivity contribution is -0.111. The second kappa shape index (κ2) is 9.67. The maximum atomic E-state index is 12.3. The van der Waals surface area contributed by atoms with Gasteiger partial charge in [-0.2, -0.15) is 0 Å². The number of nitrogens with one attached hydrogen (secondary N) is 2. The number of amides is 1. The van der Waals surface area contributed by atoms with Gasteiger partial charge in [-0.25, -0.2) is 8.42 Å². The lowest BCUT2D eigenvalue weighted by Gasteiger charge is -2.12. The number of halogens is 1. The van der Waals surface area contributed by atoms with Crippen molar-refractivity contribution in [2.75, 3.05) is 30.0 Å². The molecule has 0 aliphatic heterocycles. The van der Waals surface area contributed by atoms with Crippen LogP contribution < -0.4 is 19.5 Å². The van der Waals surface area contributed by atoms with Gasteiger partial charge in [0, 0.05) is 11.8 Å². The number of aryl methyl sites for hydroxylation is 1. The zero-order chi connectivity index (χ0) is 21.6. The van der Waals surface area contributed by atoms with Gasteiger partial charge >= 0.3 is 0 Å². The van der Waals surface area contributed by atoms with Crippen LogP contribution in [0.15, 0.2) is 36.4 Å². The topological polar surface area (TPSA) is 93.7 Å². The molecule has 0 spiro atoms. The molecule has 2 rings (SSSR count). The molecule has 0 heterocycles. The molecule has 2 aromatic carbocycles. The third-order valence-corrected chi connectivity index (χ3v) is 4.64. The van der Waals surface area contributed by atoms with Gasteiger partial charge in [-0.15, -0.1) is 0 Å². The average Bonchev–Trinajstić information content (AvgIpc) is 2.63. The SMILES string of the molecule is CCOc1c(Cl)cc(/C=C/C(=O)Nc2ccc(C)c(NS(C)(=O)=O)c2)cc1OC. The van der Waals surface area contributed by atoms with Gasteiger partial charge in [0.25, 0.3) is 0 Å². The Labute approximate surface area is 175 Å². The van der Waals surface area contributed by atoms with E-state index in [1.165, 1.54) is 13.2 Å². The van der Waals surface area contributed by atoms with Crippen LogP contribution in [0.4, 0.5) is 11.4 Å². The highest BCUT2D eigenvalue weighted by Crippen LogP contribution is 2.36. The molecule has 0 aliphatic rings. The van der Waals surface area contributed by atoms with Crippen LogP contribution in [0.1, 0.15) is 18.1 Å². The van der Waals surface area contributed by atoms with Crippen molar-refractivity contribution in [2.24, 2.45) is 0 Å². The molecule has 7 nitrogen and oxygen atoms in total. The molecular weight excluding hydrogens is 416 g/mol. The molecule has 0 radical (unpaired) electrons. The summed E-state index contributed by atoms with van der Waals surface area (Å²) in [6, 6.07) is 8.33. The van der Waals surface area contributed by atoms with Crippen molar-refractivity contribution in [2.45, 2.75) is 13.8 Å². The Balaban J connectivity index is 2.16. The molecule has 0 atom stereocenters. The molecule has 2 aromatic rings. The molecule has 1 amide bonds. The maximum Gasteiger partial charge on any atom is 0.248 e. The first-order valence-corrected chi connectivity index (χ1v) is 11.0. The average molecular weight is 439 g/mol. The van der Waals surface area contributed by atoms with Gasteiger partial charge in [-0.1, -0.05) is 17.7 Å². The zero-order valence-corrected chi connectivity index (χ0v) is 18.1. The summed E-state index contributed by atoms with van der Waals surface area (Å²) >= 11 is 6.23. The number of hydrogen-bond donors (Lipinski definition) is 2. The third-order valence-electron chi connectivity index (χ3n) is 3.77. The number of methoxy groups -OCH3 is 1. The van der Waals surface area contributed by atoms with Crippen molar-refractivity contribution in [1.29, 1.82) is 0 Å². The fourth-order valence-electron chi connectivity index (χ4n) is 2.49. The van der Waals surface area contributed by atoms with Crippen molar-refractivity contribution >= 4 is 45.0 Å². The maximum absolute atomic E-state index is 12.3. The normalized spacial score (nSPS) is 11.3. The van der Waals surface area contributed by atoms with Gasteiger partial charge < -0.3 is 14.8 Å². The number of sulfonamides is 1. The minimum Gasteiger partial charge on any atom is -0.493 e. The second-order valence-electron chi connectivity index (χ2n) is 6.19. The first kappa shape index (κ1) is 22.6. The molecule has 9 heteroatoms. The standard InChI is InChI=1S/C20H23ClN2O5S/c1-5-28-20-16(21)10-14(11-18(20)27-3)7-9-19(24)22-15-8-6-13(2)17(12-15)23-29(4,25)26/h6-12,23H,5H2,1-4H3,(H,22,24)/b9-7+. The number of benzene rings is 2. The van der Waals surface area contributed by atoms with E-state index in [9.17, 15) is 13.2 Å². The summed E-state index contributed by atoms with van der Waals surface area (Å²) in [4.78, 5) is 12.3. The summed E-state index contributed by atoms with van der Waals surface area (Å²) in [7, 11) is -1.91. The van der Waals surface area contributed by atoms with Crippen LogP contribution in [0, 0.1) is 6.92 Å². The molecule has 0 unspecified atom stereocenters. The summed E-state index contributed by atoms with van der Waals surface area (Å²) in [6.07, 6.45) is 3.99. The van der Waals surface area contributed by atoms with Crippen LogP contribution in [0.25, 0.3) is 6.08 Å². The molecule has 2 N–H and O–H groups in total. The van der Waals surface area contributed by atoms with Gasteiger partial charge in [-0.05, 0) is 55.3 Å². The fraction of sp³-hybridized carbons (Fsp3) is 0.250. The summed E-state index contributed by atoms with van der Waals surface area (Å²) in [5.74, 6) is 0.529. The van der Waals surface area contributed by atoms with Crippen molar-refractivity contribution < 1.29 is 22.7 Å². The highest BCUT2D eigenvalue weighted by molar-refractivity contribution is 7.92. The number of carbonyl (C=O) groups is 1. The molecule has 0 aromatic heterocycles. The Kier molecular flexibility index (Phi) is 7.53. The Morgan fingerprint density at radius 2 is 1.97 bits per heavy atom. The van der Waals surface area contributed by atoms with Crippen LogP contribution in [-0.2, 0) is 14.8 Å². The number of rotatable bonds is 8. The van der Waals surface area contributed by atoms with Crippen molar-refractivity contribution in [3.05, 3.63) is 52.6 Å².